The van der Waals surface area contributed by atoms with Crippen LogP contribution in [-0.4, -0.2) is 35.4 Å². The van der Waals surface area contributed by atoms with Crippen molar-refractivity contribution in [2.75, 3.05) is 13.1 Å². The van der Waals surface area contributed by atoms with Crippen molar-refractivity contribution in [2.45, 2.75) is 43.6 Å². The molecule has 0 atom stereocenters. The largest absolute Gasteiger partial charge is 0.324 e. The summed E-state index contributed by atoms with van der Waals surface area (Å²) in [7, 11) is -1.86. The van der Waals surface area contributed by atoms with Crippen LogP contribution >= 0.6 is 11.6 Å². The zero-order valence-corrected chi connectivity index (χ0v) is 13.3. The lowest BCUT2D eigenvalue weighted by atomic mass is 9.78. The molecule has 0 radical (unpaired) electrons. The molecule has 112 valence electrons. The zero-order chi connectivity index (χ0) is 14.4. The molecule has 1 saturated carbocycles. The molecule has 1 spiro atoms. The Labute approximate surface area is 125 Å². The monoisotopic (exact) mass is 317 g/mol. The molecule has 0 N–H and O–H groups in total. The molecule has 7 heteroatoms. The maximum atomic E-state index is 12.6. The number of rotatable bonds is 2. The highest BCUT2D eigenvalue weighted by Gasteiger charge is 2.41. The maximum absolute atomic E-state index is 12.6. The van der Waals surface area contributed by atoms with Gasteiger partial charge in [0.15, 0.2) is 0 Å². The second-order valence-electron chi connectivity index (χ2n) is 6.06. The van der Waals surface area contributed by atoms with Gasteiger partial charge >= 0.3 is 0 Å². The highest BCUT2D eigenvalue weighted by atomic mass is 35.5. The second kappa shape index (κ2) is 5.00. The first-order valence-electron chi connectivity index (χ1n) is 7.12. The third-order valence-corrected chi connectivity index (χ3v) is 7.26. The summed E-state index contributed by atoms with van der Waals surface area (Å²) in [5.74, 6) is 0. The maximum Gasteiger partial charge on any atom is 0.263 e. The van der Waals surface area contributed by atoms with Crippen LogP contribution in [-0.2, 0) is 17.1 Å². The minimum absolute atomic E-state index is 0.0101. The summed E-state index contributed by atoms with van der Waals surface area (Å²) in [6.07, 6.45) is 8.47. The van der Waals surface area contributed by atoms with Crippen molar-refractivity contribution in [2.24, 2.45) is 12.5 Å². The number of piperidine rings is 1. The number of aromatic nitrogens is 2. The number of nitrogens with zero attached hydrogens (tertiary/aromatic N) is 3. The van der Waals surface area contributed by atoms with E-state index in [9.17, 15) is 8.42 Å². The van der Waals surface area contributed by atoms with Crippen molar-refractivity contribution in [3.8, 4) is 0 Å². The van der Waals surface area contributed by atoms with Crippen LogP contribution in [0.25, 0.3) is 0 Å². The summed E-state index contributed by atoms with van der Waals surface area (Å²) in [5.41, 5.74) is 0.403. The fourth-order valence-electron chi connectivity index (χ4n) is 3.52. The Bertz CT molecular complexity index is 595. The van der Waals surface area contributed by atoms with E-state index in [1.807, 2.05) is 0 Å². The van der Waals surface area contributed by atoms with E-state index in [-0.39, 0.29) is 10.2 Å². The number of hydrogen-bond acceptors (Lipinski definition) is 3. The minimum Gasteiger partial charge on any atom is -0.324 e. The Kier molecular flexibility index (Phi) is 3.59. The lowest BCUT2D eigenvalue weighted by Gasteiger charge is -2.38. The Morgan fingerprint density at radius 3 is 2.30 bits per heavy atom. The smallest absolute Gasteiger partial charge is 0.263 e. The zero-order valence-electron chi connectivity index (χ0n) is 11.7. The van der Waals surface area contributed by atoms with Gasteiger partial charge in [-0.3, -0.25) is 0 Å². The van der Waals surface area contributed by atoms with Crippen LogP contribution in [0.1, 0.15) is 38.5 Å². The standard InChI is InChI=1S/C13H20ClN3O2S/c1-16-10-15-12(11(16)14)20(18,19)17-8-6-13(7-9-17)4-2-3-5-13/h10H,2-9H2,1H3. The molecule has 1 aromatic rings. The fraction of sp³-hybridized carbons (Fsp3) is 0.769. The van der Waals surface area contributed by atoms with E-state index < -0.39 is 10.0 Å². The first kappa shape index (κ1) is 14.4. The predicted octanol–water partition coefficient (Wildman–Crippen LogP) is 2.42. The van der Waals surface area contributed by atoms with E-state index >= 15 is 0 Å². The van der Waals surface area contributed by atoms with Crippen LogP contribution in [0.5, 0.6) is 0 Å². The minimum atomic E-state index is -3.55. The number of hydrogen-bond donors (Lipinski definition) is 0. The second-order valence-corrected chi connectivity index (χ2v) is 8.27. The Morgan fingerprint density at radius 2 is 1.80 bits per heavy atom. The molecule has 3 rings (SSSR count). The average Bonchev–Trinajstić information content (AvgIpc) is 2.99. The first-order valence-corrected chi connectivity index (χ1v) is 8.93. The van der Waals surface area contributed by atoms with Gasteiger partial charge < -0.3 is 4.57 Å². The van der Waals surface area contributed by atoms with Gasteiger partial charge in [-0.05, 0) is 31.1 Å². The van der Waals surface area contributed by atoms with E-state index in [4.69, 9.17) is 11.6 Å². The lowest BCUT2D eigenvalue weighted by molar-refractivity contribution is 0.160. The summed E-state index contributed by atoms with van der Waals surface area (Å²) < 4.78 is 28.3. The lowest BCUT2D eigenvalue weighted by Crippen LogP contribution is -2.42. The van der Waals surface area contributed by atoms with Gasteiger partial charge in [0, 0.05) is 20.1 Å². The van der Waals surface area contributed by atoms with Gasteiger partial charge in [-0.15, -0.1) is 0 Å². The summed E-state index contributed by atoms with van der Waals surface area (Å²) in [6, 6.07) is 0. The Hall–Kier alpha value is -0.590. The van der Waals surface area contributed by atoms with Crippen molar-refractivity contribution in [3.63, 3.8) is 0 Å². The fourth-order valence-corrected chi connectivity index (χ4v) is 5.35. The molecule has 0 aromatic carbocycles. The summed E-state index contributed by atoms with van der Waals surface area (Å²) >= 11 is 6.03. The van der Waals surface area contributed by atoms with Crippen molar-refractivity contribution in [3.05, 3.63) is 11.5 Å². The van der Waals surface area contributed by atoms with Gasteiger partial charge in [-0.25, -0.2) is 13.4 Å². The third kappa shape index (κ3) is 2.27. The van der Waals surface area contributed by atoms with Crippen molar-refractivity contribution < 1.29 is 8.42 Å². The molecule has 1 saturated heterocycles. The van der Waals surface area contributed by atoms with Gasteiger partial charge in [0.05, 0.1) is 6.33 Å². The van der Waals surface area contributed by atoms with E-state index in [1.54, 1.807) is 11.4 Å². The Morgan fingerprint density at radius 1 is 1.20 bits per heavy atom. The van der Waals surface area contributed by atoms with Gasteiger partial charge in [0.2, 0.25) is 5.03 Å². The molecule has 1 aromatic heterocycles. The highest BCUT2D eigenvalue weighted by molar-refractivity contribution is 7.89. The van der Waals surface area contributed by atoms with E-state index in [0.717, 1.165) is 12.8 Å². The van der Waals surface area contributed by atoms with Gasteiger partial charge in [0.25, 0.3) is 10.0 Å². The SMILES string of the molecule is Cn1cnc(S(=O)(=O)N2CCC3(CCCC3)CC2)c1Cl. The number of aryl methyl sites for hydroxylation is 1. The summed E-state index contributed by atoms with van der Waals surface area (Å²) in [6.45, 7) is 1.18. The van der Waals surface area contributed by atoms with Gasteiger partial charge in [-0.2, -0.15) is 4.31 Å². The molecule has 0 amide bonds. The molecular weight excluding hydrogens is 298 g/mol. The van der Waals surface area contributed by atoms with Crippen molar-refractivity contribution in [1.82, 2.24) is 13.9 Å². The molecule has 2 aliphatic rings. The van der Waals surface area contributed by atoms with Gasteiger partial charge in [-0.1, -0.05) is 24.4 Å². The molecule has 1 aliphatic heterocycles. The van der Waals surface area contributed by atoms with E-state index in [0.29, 0.717) is 18.5 Å². The molecule has 0 unspecified atom stereocenters. The molecule has 5 nitrogen and oxygen atoms in total. The Balaban J connectivity index is 1.78. The summed E-state index contributed by atoms with van der Waals surface area (Å²) in [4.78, 5) is 3.95. The van der Waals surface area contributed by atoms with E-state index in [1.165, 1.54) is 36.6 Å². The predicted molar refractivity (Wildman–Crippen MR) is 77.1 cm³/mol. The topological polar surface area (TPSA) is 55.2 Å². The first-order chi connectivity index (χ1) is 9.45. The molecule has 1 aliphatic carbocycles. The molecule has 20 heavy (non-hydrogen) atoms. The van der Waals surface area contributed by atoms with Crippen molar-refractivity contribution in [1.29, 1.82) is 0 Å². The molecule has 2 heterocycles. The van der Waals surface area contributed by atoms with Crippen LogP contribution in [0.15, 0.2) is 11.4 Å². The number of sulfonamides is 1. The third-order valence-electron chi connectivity index (χ3n) is 4.87. The average molecular weight is 318 g/mol. The molecule has 2 fully saturated rings. The van der Waals surface area contributed by atoms with Crippen LogP contribution in [0.2, 0.25) is 5.15 Å². The van der Waals surface area contributed by atoms with Crippen LogP contribution in [0.3, 0.4) is 0 Å². The van der Waals surface area contributed by atoms with Crippen LogP contribution < -0.4 is 0 Å². The quantitative estimate of drug-likeness (QED) is 0.841. The molecule has 0 bridgehead atoms. The highest BCUT2D eigenvalue weighted by Crippen LogP contribution is 2.46. The normalized spacial score (nSPS) is 23.5. The van der Waals surface area contributed by atoms with Gasteiger partial charge in [0.1, 0.15) is 5.15 Å². The summed E-state index contributed by atoms with van der Waals surface area (Å²) in [5, 5.41) is 0.176. The molecular formula is C13H20ClN3O2S. The van der Waals surface area contributed by atoms with Crippen LogP contribution in [0, 0.1) is 5.41 Å². The van der Waals surface area contributed by atoms with Crippen molar-refractivity contribution >= 4 is 21.6 Å². The van der Waals surface area contributed by atoms with Crippen LogP contribution in [0.4, 0.5) is 0 Å². The number of imidazole rings is 1. The number of halogens is 1. The van der Waals surface area contributed by atoms with E-state index in [2.05, 4.69) is 4.98 Å².